The van der Waals surface area contributed by atoms with Crippen molar-refractivity contribution in [2.45, 2.75) is 52.0 Å². The minimum Gasteiger partial charge on any atom is -0.369 e. The van der Waals surface area contributed by atoms with Crippen molar-refractivity contribution in [2.75, 3.05) is 64.6 Å². The maximum atomic E-state index is 12.8. The van der Waals surface area contributed by atoms with Crippen LogP contribution in [0.15, 0.2) is 11.1 Å². The molecule has 0 bridgehead atoms. The van der Waals surface area contributed by atoms with Gasteiger partial charge in [-0.15, -0.1) is 0 Å². The molecule has 1 aliphatic rings. The Kier molecular flexibility index (Phi) is 11.6. The Hall–Kier alpha value is -2.34. The fraction of sp³-hybridized carbons (Fsp3) is 0.750. The summed E-state index contributed by atoms with van der Waals surface area (Å²) >= 11 is 0. The molecule has 11 heteroatoms. The molecule has 2 aromatic rings. The van der Waals surface area contributed by atoms with Crippen molar-refractivity contribution in [3.05, 3.63) is 16.7 Å². The molecular weight excluding hydrogens is 446 g/mol. The maximum absolute atomic E-state index is 12.8. The lowest BCUT2D eigenvalue weighted by Gasteiger charge is -2.23. The molecule has 3 heterocycles. The van der Waals surface area contributed by atoms with Crippen molar-refractivity contribution >= 4 is 22.9 Å². The van der Waals surface area contributed by atoms with Gasteiger partial charge in [0.1, 0.15) is 5.78 Å². The molecule has 1 atom stereocenters. The number of aryl methyl sites for hydroxylation is 1. The fourth-order valence-corrected chi connectivity index (χ4v) is 4.53. The molecule has 1 aliphatic heterocycles. The van der Waals surface area contributed by atoms with Gasteiger partial charge in [-0.1, -0.05) is 13.3 Å². The van der Waals surface area contributed by atoms with Gasteiger partial charge in [0, 0.05) is 39.1 Å². The highest BCUT2D eigenvalue weighted by molar-refractivity contribution is 5.80. The molecular formula is C24H43N9O2. The minimum atomic E-state index is -0.320. The van der Waals surface area contributed by atoms with Crippen molar-refractivity contribution < 1.29 is 4.79 Å². The van der Waals surface area contributed by atoms with E-state index >= 15 is 0 Å². The van der Waals surface area contributed by atoms with E-state index in [1.165, 1.54) is 0 Å². The highest BCUT2D eigenvalue weighted by Crippen LogP contribution is 2.18. The number of fused-ring (bicyclic) bond motifs is 1. The van der Waals surface area contributed by atoms with Crippen LogP contribution in [0.1, 0.15) is 45.4 Å². The van der Waals surface area contributed by atoms with E-state index in [0.717, 1.165) is 84.5 Å². The molecule has 35 heavy (non-hydrogen) atoms. The zero-order valence-electron chi connectivity index (χ0n) is 21.2. The molecule has 0 saturated carbocycles. The smallest absolute Gasteiger partial charge is 0.280 e. The zero-order chi connectivity index (χ0) is 24.9. The van der Waals surface area contributed by atoms with E-state index in [0.29, 0.717) is 42.4 Å². The Morgan fingerprint density at radius 3 is 2.57 bits per heavy atom. The standard InChI is InChI=1S/C24H43N9O2/c1-2-19(7-15-33-18-29-21-22(33)30-24(25)31-23(21)35)5-6-20(34)17-32-14-4-10-27-12-11-26-8-3-9-28-13-16-32/h18-19,26-28H,2-17H2,1H3,(H3,25,30,31,35). The van der Waals surface area contributed by atoms with Gasteiger partial charge in [-0.3, -0.25) is 19.5 Å². The number of carbonyl (C=O) groups excluding carboxylic acids is 1. The van der Waals surface area contributed by atoms with Crippen LogP contribution in [-0.4, -0.2) is 89.1 Å². The quantitative estimate of drug-likeness (QED) is 0.336. The van der Waals surface area contributed by atoms with Crippen LogP contribution in [0.3, 0.4) is 0 Å². The summed E-state index contributed by atoms with van der Waals surface area (Å²) in [5, 5.41) is 10.4. The Balaban J connectivity index is 1.44. The Morgan fingerprint density at radius 2 is 1.80 bits per heavy atom. The molecule has 0 spiro atoms. The molecule has 0 aliphatic carbocycles. The third kappa shape index (κ3) is 9.32. The van der Waals surface area contributed by atoms with Gasteiger partial charge in [-0.2, -0.15) is 4.98 Å². The molecule has 0 aromatic carbocycles. The highest BCUT2D eigenvalue weighted by atomic mass is 16.1. The summed E-state index contributed by atoms with van der Waals surface area (Å²) in [7, 11) is 0. The molecule has 0 amide bonds. The molecule has 6 N–H and O–H groups in total. The van der Waals surface area contributed by atoms with Crippen LogP contribution < -0.4 is 27.2 Å². The topological polar surface area (TPSA) is 146 Å². The van der Waals surface area contributed by atoms with Gasteiger partial charge in [0.05, 0.1) is 12.9 Å². The molecule has 1 unspecified atom stereocenters. The van der Waals surface area contributed by atoms with E-state index in [1.54, 1.807) is 6.33 Å². The van der Waals surface area contributed by atoms with E-state index in [9.17, 15) is 9.59 Å². The second kappa shape index (κ2) is 14.9. The second-order valence-corrected chi connectivity index (χ2v) is 9.43. The first-order valence-corrected chi connectivity index (χ1v) is 13.1. The van der Waals surface area contributed by atoms with Gasteiger partial charge in [0.15, 0.2) is 11.2 Å². The average Bonchev–Trinajstić information content (AvgIpc) is 3.24. The second-order valence-electron chi connectivity index (χ2n) is 9.43. The number of nitrogen functional groups attached to an aromatic ring is 1. The minimum absolute atomic E-state index is 0.0950. The van der Waals surface area contributed by atoms with Crippen LogP contribution in [0.4, 0.5) is 5.95 Å². The van der Waals surface area contributed by atoms with Crippen molar-refractivity contribution in [3.63, 3.8) is 0 Å². The highest BCUT2D eigenvalue weighted by Gasteiger charge is 2.15. The van der Waals surface area contributed by atoms with Crippen LogP contribution in [0.2, 0.25) is 0 Å². The lowest BCUT2D eigenvalue weighted by molar-refractivity contribution is -0.120. The Morgan fingerprint density at radius 1 is 1.06 bits per heavy atom. The van der Waals surface area contributed by atoms with Gasteiger partial charge < -0.3 is 26.3 Å². The average molecular weight is 490 g/mol. The van der Waals surface area contributed by atoms with E-state index < -0.39 is 0 Å². The number of anilines is 1. The van der Waals surface area contributed by atoms with E-state index in [2.05, 4.69) is 42.7 Å². The zero-order valence-corrected chi connectivity index (χ0v) is 21.2. The van der Waals surface area contributed by atoms with Gasteiger partial charge in [0.2, 0.25) is 5.95 Å². The van der Waals surface area contributed by atoms with Crippen LogP contribution >= 0.6 is 0 Å². The molecule has 1 saturated heterocycles. The summed E-state index contributed by atoms with van der Waals surface area (Å²) in [6, 6.07) is 0. The number of carbonyl (C=O) groups is 1. The number of hydrogen-bond acceptors (Lipinski definition) is 9. The third-order valence-electron chi connectivity index (χ3n) is 6.70. The summed E-state index contributed by atoms with van der Waals surface area (Å²) < 4.78 is 1.88. The van der Waals surface area contributed by atoms with E-state index in [4.69, 9.17) is 5.73 Å². The van der Waals surface area contributed by atoms with Gasteiger partial charge in [-0.25, -0.2) is 4.98 Å². The molecule has 3 rings (SSSR count). The summed E-state index contributed by atoms with van der Waals surface area (Å²) in [5.41, 5.74) is 6.20. The summed E-state index contributed by atoms with van der Waals surface area (Å²) in [4.78, 5) is 38.0. The van der Waals surface area contributed by atoms with Gasteiger partial charge in [-0.05, 0) is 57.8 Å². The number of aromatic amines is 1. The summed E-state index contributed by atoms with van der Waals surface area (Å²) in [5.74, 6) is 0.836. The van der Waals surface area contributed by atoms with Crippen LogP contribution in [-0.2, 0) is 11.3 Å². The number of aromatic nitrogens is 4. The van der Waals surface area contributed by atoms with Crippen molar-refractivity contribution in [1.29, 1.82) is 0 Å². The number of nitrogens with two attached hydrogens (primary N) is 1. The number of hydrogen-bond donors (Lipinski definition) is 5. The summed E-state index contributed by atoms with van der Waals surface area (Å²) in [6.45, 7) is 11.1. The predicted molar refractivity (Wildman–Crippen MR) is 139 cm³/mol. The summed E-state index contributed by atoms with van der Waals surface area (Å²) in [6.07, 6.45) is 7.18. The number of Topliss-reactive ketones (excluding diaryl/α,β-unsaturated/α-hetero) is 1. The first-order valence-electron chi connectivity index (χ1n) is 13.1. The maximum Gasteiger partial charge on any atom is 0.280 e. The lowest BCUT2D eigenvalue weighted by atomic mass is 9.95. The van der Waals surface area contributed by atoms with Gasteiger partial charge >= 0.3 is 0 Å². The molecule has 1 fully saturated rings. The molecule has 196 valence electrons. The first-order chi connectivity index (χ1) is 17.1. The van der Waals surface area contributed by atoms with Crippen LogP contribution in [0.25, 0.3) is 11.2 Å². The fourth-order valence-electron chi connectivity index (χ4n) is 4.53. The van der Waals surface area contributed by atoms with E-state index in [-0.39, 0.29) is 11.5 Å². The Labute approximate surface area is 207 Å². The molecule has 11 nitrogen and oxygen atoms in total. The predicted octanol–water partition coefficient (Wildman–Crippen LogP) is 0.332. The third-order valence-corrected chi connectivity index (χ3v) is 6.70. The number of rotatable bonds is 9. The van der Waals surface area contributed by atoms with Crippen LogP contribution in [0, 0.1) is 5.92 Å². The normalized spacial score (nSPS) is 18.3. The largest absolute Gasteiger partial charge is 0.369 e. The van der Waals surface area contributed by atoms with Gasteiger partial charge in [0.25, 0.3) is 5.56 Å². The monoisotopic (exact) mass is 489 g/mol. The Bertz CT molecular complexity index is 944. The molecule has 2 aromatic heterocycles. The number of H-pyrrole nitrogens is 1. The van der Waals surface area contributed by atoms with Crippen molar-refractivity contribution in [1.82, 2.24) is 40.4 Å². The van der Waals surface area contributed by atoms with E-state index in [1.807, 2.05) is 4.57 Å². The number of nitrogens with one attached hydrogen (secondary N) is 4. The first kappa shape index (κ1) is 27.3. The van der Waals surface area contributed by atoms with Crippen LogP contribution in [0.5, 0.6) is 0 Å². The molecule has 0 radical (unpaired) electrons. The SMILES string of the molecule is CCC(CCC(=O)CN1CCCNCCNCCCNCC1)CCn1cnc2c(=O)[nH]c(N)nc21. The van der Waals surface area contributed by atoms with Crippen molar-refractivity contribution in [2.24, 2.45) is 5.92 Å². The number of imidazole rings is 1. The van der Waals surface area contributed by atoms with Crippen molar-refractivity contribution in [3.8, 4) is 0 Å². The number of ketones is 1. The number of nitrogens with zero attached hydrogens (tertiary/aromatic N) is 4. The lowest BCUT2D eigenvalue weighted by Crippen LogP contribution is -2.39.